The lowest BCUT2D eigenvalue weighted by atomic mass is 10.1. The fourth-order valence-electron chi connectivity index (χ4n) is 2.67. The molecule has 0 aliphatic rings. The van der Waals surface area contributed by atoms with Crippen molar-refractivity contribution in [2.45, 2.75) is 13.8 Å². The Balaban J connectivity index is 2.06. The molecule has 1 aromatic heterocycles. The quantitative estimate of drug-likeness (QED) is 0.536. The maximum Gasteiger partial charge on any atom is 0.280 e. The molecular weight excluding hydrogens is 325 g/mol. The number of pyridine rings is 1. The topological polar surface area (TPSA) is 77.3 Å². The van der Waals surface area contributed by atoms with E-state index >= 15 is 0 Å². The number of benzene rings is 2. The number of nitro benzene ring substituents is 1. The highest BCUT2D eigenvalue weighted by Gasteiger charge is 2.18. The maximum absolute atomic E-state index is 14.3. The van der Waals surface area contributed by atoms with Crippen molar-refractivity contribution in [1.82, 2.24) is 4.98 Å². The lowest BCUT2D eigenvalue weighted by molar-refractivity contribution is -0.383. The first-order valence-corrected chi connectivity index (χ1v) is 7.73. The van der Waals surface area contributed by atoms with E-state index in [0.29, 0.717) is 34.5 Å². The Bertz CT molecular complexity index is 960. The fraction of sp³-hybridized carbons (Fsp3) is 0.167. The van der Waals surface area contributed by atoms with Gasteiger partial charge in [-0.2, -0.15) is 0 Å². The highest BCUT2D eigenvalue weighted by atomic mass is 19.1. The summed E-state index contributed by atoms with van der Waals surface area (Å²) in [5.74, 6) is 0.290. The molecule has 0 spiro atoms. The first kappa shape index (κ1) is 16.6. The van der Waals surface area contributed by atoms with Crippen molar-refractivity contribution in [3.05, 3.63) is 64.1 Å². The van der Waals surface area contributed by atoms with Gasteiger partial charge in [-0.1, -0.05) is 6.07 Å². The van der Waals surface area contributed by atoms with Crippen LogP contribution < -0.4 is 10.1 Å². The highest BCUT2D eigenvalue weighted by Crippen LogP contribution is 2.34. The van der Waals surface area contributed by atoms with Gasteiger partial charge in [-0.15, -0.1) is 0 Å². The number of halogens is 1. The van der Waals surface area contributed by atoms with Crippen molar-refractivity contribution in [2.24, 2.45) is 0 Å². The Morgan fingerprint density at radius 2 is 2.04 bits per heavy atom. The molecule has 3 aromatic rings. The van der Waals surface area contributed by atoms with E-state index in [1.807, 2.05) is 6.92 Å². The third kappa shape index (κ3) is 3.21. The van der Waals surface area contributed by atoms with Crippen molar-refractivity contribution < 1.29 is 14.1 Å². The van der Waals surface area contributed by atoms with Gasteiger partial charge in [-0.3, -0.25) is 10.1 Å². The number of ether oxygens (including phenoxy) is 1. The minimum Gasteiger partial charge on any atom is -0.494 e. The number of rotatable bonds is 5. The van der Waals surface area contributed by atoms with Crippen LogP contribution in [0.15, 0.2) is 42.6 Å². The van der Waals surface area contributed by atoms with Crippen LogP contribution in [0.4, 0.5) is 21.6 Å². The van der Waals surface area contributed by atoms with Crippen molar-refractivity contribution in [1.29, 1.82) is 0 Å². The molecule has 1 heterocycles. The van der Waals surface area contributed by atoms with E-state index in [9.17, 15) is 14.5 Å². The molecule has 0 radical (unpaired) electrons. The average Bonchev–Trinajstić information content (AvgIpc) is 2.57. The molecule has 25 heavy (non-hydrogen) atoms. The second-order valence-corrected chi connectivity index (χ2v) is 5.44. The van der Waals surface area contributed by atoms with Crippen molar-refractivity contribution >= 4 is 28.0 Å². The standard InChI is InChI=1S/C18H16FN3O3/c1-3-25-12-5-7-16(15(19)10-12)21-18-14-6-4-11(2)17(22(23)24)13(14)8-9-20-18/h4-10H,3H2,1-2H3,(H,20,21). The number of aromatic nitrogens is 1. The summed E-state index contributed by atoms with van der Waals surface area (Å²) in [7, 11) is 0. The summed E-state index contributed by atoms with van der Waals surface area (Å²) >= 11 is 0. The normalized spacial score (nSPS) is 10.7. The Labute approximate surface area is 143 Å². The number of anilines is 2. The molecule has 0 amide bonds. The third-order valence-corrected chi connectivity index (χ3v) is 3.81. The molecule has 0 saturated carbocycles. The van der Waals surface area contributed by atoms with Crippen LogP contribution in [0.5, 0.6) is 5.75 Å². The summed E-state index contributed by atoms with van der Waals surface area (Å²) in [5.41, 5.74) is 0.795. The predicted molar refractivity (Wildman–Crippen MR) is 94.0 cm³/mol. The van der Waals surface area contributed by atoms with Crippen LogP contribution in [0.2, 0.25) is 0 Å². The number of nitro groups is 1. The second kappa shape index (κ2) is 6.72. The van der Waals surface area contributed by atoms with Crippen LogP contribution in [0.1, 0.15) is 12.5 Å². The summed E-state index contributed by atoms with van der Waals surface area (Å²) in [4.78, 5) is 15.1. The Kier molecular flexibility index (Phi) is 4.47. The smallest absolute Gasteiger partial charge is 0.280 e. The molecule has 0 fully saturated rings. The van der Waals surface area contributed by atoms with Gasteiger partial charge in [0.05, 0.1) is 22.6 Å². The van der Waals surface area contributed by atoms with Crippen LogP contribution in [0, 0.1) is 22.9 Å². The molecule has 0 bridgehead atoms. The Morgan fingerprint density at radius 3 is 2.72 bits per heavy atom. The predicted octanol–water partition coefficient (Wildman–Crippen LogP) is 4.73. The summed E-state index contributed by atoms with van der Waals surface area (Å²) in [6.07, 6.45) is 1.46. The summed E-state index contributed by atoms with van der Waals surface area (Å²) < 4.78 is 19.5. The minimum atomic E-state index is -0.494. The molecule has 1 N–H and O–H groups in total. The van der Waals surface area contributed by atoms with Gasteiger partial charge < -0.3 is 10.1 Å². The first-order valence-electron chi connectivity index (χ1n) is 7.73. The van der Waals surface area contributed by atoms with E-state index in [4.69, 9.17) is 4.74 Å². The van der Waals surface area contributed by atoms with Gasteiger partial charge in [0.1, 0.15) is 17.4 Å². The average molecular weight is 341 g/mol. The minimum absolute atomic E-state index is 0.0233. The number of nitrogens with one attached hydrogen (secondary N) is 1. The number of aryl methyl sites for hydroxylation is 1. The second-order valence-electron chi connectivity index (χ2n) is 5.44. The van der Waals surface area contributed by atoms with Crippen LogP contribution in [0.25, 0.3) is 10.8 Å². The number of hydrogen-bond donors (Lipinski definition) is 1. The SMILES string of the molecule is CCOc1ccc(Nc2nccc3c([N+](=O)[O-])c(C)ccc23)c(F)c1. The number of hydrogen-bond acceptors (Lipinski definition) is 5. The van der Waals surface area contributed by atoms with Gasteiger partial charge >= 0.3 is 0 Å². The van der Waals surface area contributed by atoms with Crippen molar-refractivity contribution in [2.75, 3.05) is 11.9 Å². The first-order chi connectivity index (χ1) is 12.0. The van der Waals surface area contributed by atoms with Gasteiger partial charge in [0.2, 0.25) is 0 Å². The lowest BCUT2D eigenvalue weighted by Crippen LogP contribution is -2.00. The van der Waals surface area contributed by atoms with Gasteiger partial charge in [0.25, 0.3) is 5.69 Å². The summed E-state index contributed by atoms with van der Waals surface area (Å²) in [6.45, 7) is 3.94. The van der Waals surface area contributed by atoms with Gasteiger partial charge in [-0.25, -0.2) is 9.37 Å². The fourth-order valence-corrected chi connectivity index (χ4v) is 2.67. The van der Waals surface area contributed by atoms with Crippen LogP contribution in [-0.4, -0.2) is 16.5 Å². The van der Waals surface area contributed by atoms with E-state index in [0.717, 1.165) is 0 Å². The summed E-state index contributed by atoms with van der Waals surface area (Å²) in [6, 6.07) is 9.45. The van der Waals surface area contributed by atoms with Crippen molar-refractivity contribution in [3.8, 4) is 5.75 Å². The molecule has 6 nitrogen and oxygen atoms in total. The monoisotopic (exact) mass is 341 g/mol. The molecule has 2 aromatic carbocycles. The molecule has 128 valence electrons. The van der Waals surface area contributed by atoms with E-state index in [-0.39, 0.29) is 11.4 Å². The molecule has 7 heteroatoms. The third-order valence-electron chi connectivity index (χ3n) is 3.81. The molecule has 3 rings (SSSR count). The van der Waals surface area contributed by atoms with E-state index in [1.54, 1.807) is 37.3 Å². The Hall–Kier alpha value is -3.22. The molecular formula is C18H16FN3O3. The molecule has 0 aliphatic heterocycles. The van der Waals surface area contributed by atoms with Crippen LogP contribution >= 0.6 is 0 Å². The molecule has 0 atom stereocenters. The zero-order chi connectivity index (χ0) is 18.0. The van der Waals surface area contributed by atoms with Crippen LogP contribution in [-0.2, 0) is 0 Å². The van der Waals surface area contributed by atoms with Gasteiger partial charge in [0.15, 0.2) is 0 Å². The Morgan fingerprint density at radius 1 is 1.24 bits per heavy atom. The zero-order valence-electron chi connectivity index (χ0n) is 13.7. The zero-order valence-corrected chi connectivity index (χ0v) is 13.7. The maximum atomic E-state index is 14.3. The van der Waals surface area contributed by atoms with Gasteiger partial charge in [0, 0.05) is 23.2 Å². The number of nitrogens with zero attached hydrogens (tertiary/aromatic N) is 2. The largest absolute Gasteiger partial charge is 0.494 e. The summed E-state index contributed by atoms with van der Waals surface area (Å²) in [5, 5.41) is 15.3. The lowest BCUT2D eigenvalue weighted by Gasteiger charge is -2.11. The van der Waals surface area contributed by atoms with Crippen molar-refractivity contribution in [3.63, 3.8) is 0 Å². The highest BCUT2D eigenvalue weighted by molar-refractivity contribution is 5.99. The molecule has 0 saturated heterocycles. The molecule has 0 aliphatic carbocycles. The van der Waals surface area contributed by atoms with Crippen LogP contribution in [0.3, 0.4) is 0 Å². The van der Waals surface area contributed by atoms with E-state index < -0.39 is 10.7 Å². The number of fused-ring (bicyclic) bond motifs is 1. The van der Waals surface area contributed by atoms with E-state index in [2.05, 4.69) is 10.3 Å². The van der Waals surface area contributed by atoms with E-state index in [1.165, 1.54) is 12.3 Å². The molecule has 0 unspecified atom stereocenters. The van der Waals surface area contributed by atoms with Gasteiger partial charge in [-0.05, 0) is 38.1 Å².